The van der Waals surface area contributed by atoms with Crippen LogP contribution in [0.4, 0.5) is 23.7 Å². The van der Waals surface area contributed by atoms with E-state index in [1.165, 1.54) is 17.0 Å². The third-order valence-electron chi connectivity index (χ3n) is 4.62. The zero-order valence-electron chi connectivity index (χ0n) is 19.6. The summed E-state index contributed by atoms with van der Waals surface area (Å²) in [7, 11) is 0. The lowest BCUT2D eigenvalue weighted by Crippen LogP contribution is -2.26. The number of aromatic nitrogens is 2. The number of aliphatic hydroxyl groups excluding tert-OH is 1. The quantitative estimate of drug-likeness (QED) is 0.477. The summed E-state index contributed by atoms with van der Waals surface area (Å²) in [4.78, 5) is 28.9. The Morgan fingerprint density at radius 2 is 1.86 bits per heavy atom. The molecule has 1 aromatic heterocycles. The number of aliphatic hydroxyl groups is 1. The molecule has 1 amide bonds. The second-order valence-corrected chi connectivity index (χ2v) is 9.12. The maximum atomic E-state index is 14.1. The van der Waals surface area contributed by atoms with Gasteiger partial charge in [0.05, 0.1) is 23.6 Å². The fourth-order valence-electron chi connectivity index (χ4n) is 3.10. The maximum absolute atomic E-state index is 14.1. The number of imidazole rings is 1. The topological polar surface area (TPSA) is 103 Å². The fraction of sp³-hybridized carbons (Fsp3) is 0.375. The molecule has 0 aliphatic heterocycles. The van der Waals surface area contributed by atoms with Gasteiger partial charge in [0.15, 0.2) is 18.2 Å². The van der Waals surface area contributed by atoms with Gasteiger partial charge < -0.3 is 19.9 Å². The molecule has 0 aliphatic rings. The molecular weight excluding hydrogens is 467 g/mol. The van der Waals surface area contributed by atoms with Crippen molar-refractivity contribution in [2.75, 3.05) is 11.9 Å². The van der Waals surface area contributed by atoms with Crippen molar-refractivity contribution in [3.05, 3.63) is 54.1 Å². The van der Waals surface area contributed by atoms with Crippen LogP contribution in [-0.4, -0.2) is 44.8 Å². The van der Waals surface area contributed by atoms with Crippen LogP contribution in [0.5, 0.6) is 5.75 Å². The third kappa shape index (κ3) is 7.19. The average molecular weight is 493 g/mol. The molecule has 1 atom stereocenters. The first-order valence-electron chi connectivity index (χ1n) is 10.7. The first-order valence-corrected chi connectivity index (χ1v) is 10.7. The molecule has 2 aromatic carbocycles. The molecule has 0 radical (unpaired) electrons. The van der Waals surface area contributed by atoms with Gasteiger partial charge in [-0.3, -0.25) is 4.79 Å². The van der Waals surface area contributed by atoms with Crippen LogP contribution in [0.1, 0.15) is 45.8 Å². The van der Waals surface area contributed by atoms with Crippen LogP contribution in [0.15, 0.2) is 42.7 Å². The smallest absolute Gasteiger partial charge is 0.420 e. The van der Waals surface area contributed by atoms with Crippen molar-refractivity contribution in [1.29, 1.82) is 0 Å². The Balaban J connectivity index is 1.63. The van der Waals surface area contributed by atoms with E-state index >= 15 is 0 Å². The van der Waals surface area contributed by atoms with Gasteiger partial charge in [-0.25, -0.2) is 27.5 Å². The summed E-state index contributed by atoms with van der Waals surface area (Å²) in [5.41, 5.74) is 0.697. The van der Waals surface area contributed by atoms with Gasteiger partial charge in [-0.2, -0.15) is 0 Å². The monoisotopic (exact) mass is 493 g/mol. The van der Waals surface area contributed by atoms with Crippen molar-refractivity contribution >= 4 is 28.7 Å². The zero-order chi connectivity index (χ0) is 26.0. The predicted octanol–water partition coefficient (Wildman–Crippen LogP) is 5.05. The lowest BCUT2D eigenvalue weighted by atomic mass is 10.1. The molecule has 1 unspecified atom stereocenters. The normalized spacial score (nSPS) is 12.9. The van der Waals surface area contributed by atoms with E-state index in [2.05, 4.69) is 10.3 Å². The lowest BCUT2D eigenvalue weighted by molar-refractivity contribution is -0.118. The molecule has 3 rings (SSSR count). The van der Waals surface area contributed by atoms with Gasteiger partial charge in [0, 0.05) is 12.6 Å². The van der Waals surface area contributed by atoms with E-state index in [4.69, 9.17) is 9.47 Å². The standard InChI is InChI=1S/C24H26F3N3O5/c1-23(2,3)35-22(33)30-13-28-17-10-15(6-7-18(17)30)29-21(32)11-19(31)14-5-8-20(16(25)9-14)34-12-24(4,26)27/h5-10,13,19,31H,11-12H2,1-4H3,(H,29,32). The lowest BCUT2D eigenvalue weighted by Gasteiger charge is -2.19. The highest BCUT2D eigenvalue weighted by Gasteiger charge is 2.24. The van der Waals surface area contributed by atoms with E-state index in [1.54, 1.807) is 39.0 Å². The molecular formula is C24H26F3N3O5. The third-order valence-corrected chi connectivity index (χ3v) is 4.62. The van der Waals surface area contributed by atoms with Crippen LogP contribution < -0.4 is 10.1 Å². The van der Waals surface area contributed by atoms with Gasteiger partial charge in [0.2, 0.25) is 5.91 Å². The van der Waals surface area contributed by atoms with Crippen molar-refractivity contribution in [2.45, 2.75) is 51.7 Å². The van der Waals surface area contributed by atoms with Gasteiger partial charge in [-0.15, -0.1) is 0 Å². The Bertz CT molecular complexity index is 1230. The van der Waals surface area contributed by atoms with Crippen LogP contribution in [0.25, 0.3) is 11.0 Å². The molecule has 0 bridgehead atoms. The zero-order valence-corrected chi connectivity index (χ0v) is 19.6. The number of ether oxygens (including phenoxy) is 2. The van der Waals surface area contributed by atoms with Gasteiger partial charge in [-0.05, 0) is 56.7 Å². The highest BCUT2D eigenvalue weighted by Crippen LogP contribution is 2.26. The Morgan fingerprint density at radius 3 is 2.49 bits per heavy atom. The molecule has 8 nitrogen and oxygen atoms in total. The number of rotatable bonds is 7. The summed E-state index contributed by atoms with van der Waals surface area (Å²) in [6.45, 7) is 4.89. The number of carbonyl (C=O) groups excluding carboxylic acids is 2. The molecule has 0 spiro atoms. The van der Waals surface area contributed by atoms with Crippen molar-refractivity contribution < 1.29 is 37.3 Å². The van der Waals surface area contributed by atoms with Crippen molar-refractivity contribution in [1.82, 2.24) is 9.55 Å². The first kappa shape index (κ1) is 26.0. The van der Waals surface area contributed by atoms with Crippen molar-refractivity contribution in [2.24, 2.45) is 0 Å². The maximum Gasteiger partial charge on any atom is 0.420 e. The van der Waals surface area contributed by atoms with Crippen LogP contribution in [0, 0.1) is 5.82 Å². The Hall–Kier alpha value is -3.60. The van der Waals surface area contributed by atoms with Crippen LogP contribution in [-0.2, 0) is 9.53 Å². The average Bonchev–Trinajstić information content (AvgIpc) is 3.14. The number of anilines is 1. The van der Waals surface area contributed by atoms with Crippen LogP contribution in [0.3, 0.4) is 0 Å². The SMILES string of the molecule is CC(F)(F)COc1ccc(C(O)CC(=O)Nc2ccc3c(c2)ncn3C(=O)OC(C)(C)C)cc1F. The van der Waals surface area contributed by atoms with Crippen LogP contribution >= 0.6 is 0 Å². The van der Waals surface area contributed by atoms with Crippen LogP contribution in [0.2, 0.25) is 0 Å². The second-order valence-electron chi connectivity index (χ2n) is 9.12. The molecule has 0 saturated heterocycles. The molecule has 0 fully saturated rings. The van der Waals surface area contributed by atoms with Gasteiger partial charge >= 0.3 is 6.09 Å². The number of amides is 1. The number of alkyl halides is 2. The van der Waals surface area contributed by atoms with E-state index in [0.717, 1.165) is 12.1 Å². The molecule has 1 heterocycles. The van der Waals surface area contributed by atoms with Crippen molar-refractivity contribution in [3.63, 3.8) is 0 Å². The summed E-state index contributed by atoms with van der Waals surface area (Å²) in [5.74, 6) is -5.00. The number of nitrogens with zero attached hydrogens (tertiary/aromatic N) is 2. The van der Waals surface area contributed by atoms with E-state index < -0.39 is 48.5 Å². The first-order chi connectivity index (χ1) is 16.2. The summed E-state index contributed by atoms with van der Waals surface area (Å²) in [6, 6.07) is 8.04. The molecule has 3 aromatic rings. The van der Waals surface area contributed by atoms with Gasteiger partial charge in [-0.1, -0.05) is 6.07 Å². The second kappa shape index (κ2) is 9.95. The van der Waals surface area contributed by atoms with Gasteiger partial charge in [0.1, 0.15) is 11.9 Å². The van der Waals surface area contributed by atoms with E-state index in [1.807, 2.05) is 0 Å². The highest BCUT2D eigenvalue weighted by molar-refractivity contribution is 5.94. The number of hydrogen-bond donors (Lipinski definition) is 2. The number of fused-ring (bicyclic) bond motifs is 1. The predicted molar refractivity (Wildman–Crippen MR) is 122 cm³/mol. The summed E-state index contributed by atoms with van der Waals surface area (Å²) in [5, 5.41) is 12.9. The molecule has 188 valence electrons. The Morgan fingerprint density at radius 1 is 1.14 bits per heavy atom. The number of benzene rings is 2. The molecule has 11 heteroatoms. The minimum absolute atomic E-state index is 0.0832. The minimum atomic E-state index is -3.13. The largest absolute Gasteiger partial charge is 0.484 e. The molecule has 35 heavy (non-hydrogen) atoms. The van der Waals surface area contributed by atoms with Gasteiger partial charge in [0.25, 0.3) is 5.92 Å². The number of nitrogens with one attached hydrogen (secondary N) is 1. The Labute approximate surface area is 199 Å². The van der Waals surface area contributed by atoms with E-state index in [-0.39, 0.29) is 11.3 Å². The summed E-state index contributed by atoms with van der Waals surface area (Å²) >= 11 is 0. The Kier molecular flexibility index (Phi) is 7.39. The summed E-state index contributed by atoms with van der Waals surface area (Å²) in [6.07, 6.45) is -1.01. The highest BCUT2D eigenvalue weighted by atomic mass is 19.3. The molecule has 0 aliphatic carbocycles. The summed E-state index contributed by atoms with van der Waals surface area (Å²) < 4.78 is 51.3. The minimum Gasteiger partial charge on any atom is -0.484 e. The molecule has 0 saturated carbocycles. The number of hydrogen-bond acceptors (Lipinski definition) is 6. The van der Waals surface area contributed by atoms with E-state index in [9.17, 15) is 27.9 Å². The van der Waals surface area contributed by atoms with Crippen molar-refractivity contribution in [3.8, 4) is 5.75 Å². The number of carbonyl (C=O) groups is 2. The number of halogens is 3. The van der Waals surface area contributed by atoms with E-state index in [0.29, 0.717) is 23.6 Å². The molecule has 2 N–H and O–H groups in total. The fourth-order valence-corrected chi connectivity index (χ4v) is 3.10.